The van der Waals surface area contributed by atoms with E-state index in [1.807, 2.05) is 24.3 Å². The van der Waals surface area contributed by atoms with Gasteiger partial charge in [-0.1, -0.05) is 30.3 Å². The second-order valence-electron chi connectivity index (χ2n) is 5.65. The lowest BCUT2D eigenvalue weighted by molar-refractivity contribution is 0.576. The fourth-order valence-electron chi connectivity index (χ4n) is 2.34. The molecule has 0 aliphatic carbocycles. The van der Waals surface area contributed by atoms with Crippen molar-refractivity contribution >= 4 is 10.0 Å². The average Bonchev–Trinajstić information content (AvgIpc) is 3.09. The molecule has 6 nitrogen and oxygen atoms in total. The van der Waals surface area contributed by atoms with Crippen molar-refractivity contribution in [3.63, 3.8) is 0 Å². The molecule has 0 saturated carbocycles. The number of aromatic nitrogens is 3. The zero-order valence-corrected chi connectivity index (χ0v) is 14.4. The van der Waals surface area contributed by atoms with Gasteiger partial charge in [0.1, 0.15) is 18.5 Å². The monoisotopic (exact) mass is 360 g/mol. The van der Waals surface area contributed by atoms with Crippen LogP contribution >= 0.6 is 0 Å². The van der Waals surface area contributed by atoms with Crippen LogP contribution in [0.4, 0.5) is 4.39 Å². The highest BCUT2D eigenvalue weighted by atomic mass is 32.2. The van der Waals surface area contributed by atoms with E-state index in [0.29, 0.717) is 12.1 Å². The van der Waals surface area contributed by atoms with Gasteiger partial charge >= 0.3 is 0 Å². The maximum Gasteiger partial charge on any atom is 0.240 e. The minimum atomic E-state index is -3.78. The number of nitrogens with zero attached hydrogens (tertiary/aromatic N) is 3. The van der Waals surface area contributed by atoms with Crippen molar-refractivity contribution in [2.75, 3.05) is 0 Å². The summed E-state index contributed by atoms with van der Waals surface area (Å²) in [7, 11) is -3.78. The summed E-state index contributed by atoms with van der Waals surface area (Å²) in [5.41, 5.74) is 2.18. The molecular formula is C17H17FN4O2S. The first kappa shape index (κ1) is 17.2. The van der Waals surface area contributed by atoms with Gasteiger partial charge in [-0.3, -0.25) is 0 Å². The van der Waals surface area contributed by atoms with Gasteiger partial charge in [0.15, 0.2) is 0 Å². The van der Waals surface area contributed by atoms with Crippen LogP contribution in [0.2, 0.25) is 0 Å². The number of hydrogen-bond acceptors (Lipinski definition) is 4. The maximum absolute atomic E-state index is 13.6. The topological polar surface area (TPSA) is 76.9 Å². The van der Waals surface area contributed by atoms with Crippen molar-refractivity contribution in [1.82, 2.24) is 19.5 Å². The Hall–Kier alpha value is -2.58. The summed E-state index contributed by atoms with van der Waals surface area (Å²) in [6.45, 7) is 2.24. The molecule has 0 fully saturated rings. The van der Waals surface area contributed by atoms with Gasteiger partial charge in [-0.25, -0.2) is 27.2 Å². The van der Waals surface area contributed by atoms with Gasteiger partial charge in [0.25, 0.3) is 0 Å². The number of nitrogens with one attached hydrogen (secondary N) is 1. The molecule has 1 heterocycles. The average molecular weight is 360 g/mol. The van der Waals surface area contributed by atoms with Crippen LogP contribution in [-0.4, -0.2) is 23.2 Å². The first-order chi connectivity index (χ1) is 11.9. The predicted molar refractivity (Wildman–Crippen MR) is 90.7 cm³/mol. The molecule has 1 aromatic heterocycles. The van der Waals surface area contributed by atoms with Crippen molar-refractivity contribution in [2.45, 2.75) is 24.9 Å². The Balaban J connectivity index is 1.71. The molecule has 2 aromatic carbocycles. The Bertz CT molecular complexity index is 972. The second-order valence-corrected chi connectivity index (χ2v) is 7.42. The molecule has 0 unspecified atom stereocenters. The van der Waals surface area contributed by atoms with Gasteiger partial charge in [-0.05, 0) is 35.7 Å². The van der Waals surface area contributed by atoms with Gasteiger partial charge in [-0.2, -0.15) is 5.10 Å². The molecule has 3 aromatic rings. The van der Waals surface area contributed by atoms with Crippen LogP contribution in [0, 0.1) is 12.7 Å². The second kappa shape index (κ2) is 7.12. The van der Waals surface area contributed by atoms with Crippen molar-refractivity contribution in [3.8, 4) is 0 Å². The Morgan fingerprint density at radius 1 is 1.16 bits per heavy atom. The maximum atomic E-state index is 13.6. The zero-order chi connectivity index (χ0) is 17.9. The molecule has 0 amide bonds. The Kier molecular flexibility index (Phi) is 4.91. The summed E-state index contributed by atoms with van der Waals surface area (Å²) < 4.78 is 42.4. The number of hydrogen-bond donors (Lipinski definition) is 1. The SMILES string of the molecule is Cc1ccc(S(=O)(=O)NCc2cccc(Cn3cncn3)c2)cc1F. The fraction of sp³-hybridized carbons (Fsp3) is 0.176. The van der Waals surface area contributed by atoms with Gasteiger partial charge < -0.3 is 0 Å². The van der Waals surface area contributed by atoms with Crippen LogP contribution < -0.4 is 4.72 Å². The van der Waals surface area contributed by atoms with Gasteiger partial charge in [-0.15, -0.1) is 0 Å². The van der Waals surface area contributed by atoms with Crippen LogP contribution in [0.15, 0.2) is 60.0 Å². The first-order valence-corrected chi connectivity index (χ1v) is 9.08. The summed E-state index contributed by atoms with van der Waals surface area (Å²) >= 11 is 0. The summed E-state index contributed by atoms with van der Waals surface area (Å²) in [6, 6.07) is 11.3. The number of rotatable bonds is 6. The van der Waals surface area contributed by atoms with Crippen LogP contribution in [0.5, 0.6) is 0 Å². The normalized spacial score (nSPS) is 11.6. The lowest BCUT2D eigenvalue weighted by Crippen LogP contribution is -2.23. The molecule has 3 rings (SSSR count). The molecule has 0 aliphatic rings. The van der Waals surface area contributed by atoms with E-state index in [0.717, 1.165) is 17.2 Å². The largest absolute Gasteiger partial charge is 0.249 e. The van der Waals surface area contributed by atoms with E-state index < -0.39 is 15.8 Å². The van der Waals surface area contributed by atoms with Gasteiger partial charge in [0.2, 0.25) is 10.0 Å². The molecular weight excluding hydrogens is 343 g/mol. The zero-order valence-electron chi connectivity index (χ0n) is 13.6. The Morgan fingerprint density at radius 2 is 1.96 bits per heavy atom. The molecule has 0 aliphatic heterocycles. The molecule has 0 bridgehead atoms. The Morgan fingerprint density at radius 3 is 2.68 bits per heavy atom. The molecule has 0 saturated heterocycles. The van der Waals surface area contributed by atoms with E-state index in [1.54, 1.807) is 17.9 Å². The predicted octanol–water partition coefficient (Wildman–Crippen LogP) is 2.25. The highest BCUT2D eigenvalue weighted by Gasteiger charge is 2.15. The summed E-state index contributed by atoms with van der Waals surface area (Å²) in [5, 5.41) is 4.04. The summed E-state index contributed by atoms with van der Waals surface area (Å²) in [5.74, 6) is -0.544. The van der Waals surface area contributed by atoms with Crippen LogP contribution in [-0.2, 0) is 23.1 Å². The lowest BCUT2D eigenvalue weighted by Gasteiger charge is -2.09. The molecule has 25 heavy (non-hydrogen) atoms. The Labute approximate surface area is 145 Å². The quantitative estimate of drug-likeness (QED) is 0.731. The van der Waals surface area contributed by atoms with Crippen LogP contribution in [0.3, 0.4) is 0 Å². The van der Waals surface area contributed by atoms with Crippen molar-refractivity contribution in [2.24, 2.45) is 0 Å². The summed E-state index contributed by atoms with van der Waals surface area (Å²) in [6.07, 6.45) is 3.07. The van der Waals surface area contributed by atoms with E-state index in [2.05, 4.69) is 14.8 Å². The molecule has 0 radical (unpaired) electrons. The minimum Gasteiger partial charge on any atom is -0.249 e. The van der Waals surface area contributed by atoms with Gasteiger partial charge in [0, 0.05) is 6.54 Å². The number of sulfonamides is 1. The molecule has 8 heteroatoms. The van der Waals surface area contributed by atoms with Gasteiger partial charge in [0.05, 0.1) is 11.4 Å². The molecule has 130 valence electrons. The number of aryl methyl sites for hydroxylation is 1. The van der Waals surface area contributed by atoms with E-state index in [9.17, 15) is 12.8 Å². The third-order valence-corrected chi connectivity index (χ3v) is 5.12. The number of halogens is 1. The molecule has 0 spiro atoms. The van der Waals surface area contributed by atoms with Crippen molar-refractivity contribution in [1.29, 1.82) is 0 Å². The van der Waals surface area contributed by atoms with Crippen LogP contribution in [0.1, 0.15) is 16.7 Å². The van der Waals surface area contributed by atoms with Crippen molar-refractivity contribution in [3.05, 3.63) is 77.6 Å². The van der Waals surface area contributed by atoms with E-state index >= 15 is 0 Å². The third-order valence-electron chi connectivity index (χ3n) is 3.72. The van der Waals surface area contributed by atoms with Crippen LogP contribution in [0.25, 0.3) is 0 Å². The molecule has 1 N–H and O–H groups in total. The number of benzene rings is 2. The van der Waals surface area contributed by atoms with E-state index in [-0.39, 0.29) is 11.4 Å². The fourth-order valence-corrected chi connectivity index (χ4v) is 3.37. The lowest BCUT2D eigenvalue weighted by atomic mass is 10.1. The van der Waals surface area contributed by atoms with Crippen molar-refractivity contribution < 1.29 is 12.8 Å². The molecule has 0 atom stereocenters. The van der Waals surface area contributed by atoms with E-state index in [1.165, 1.54) is 18.5 Å². The highest BCUT2D eigenvalue weighted by Crippen LogP contribution is 2.15. The van der Waals surface area contributed by atoms with E-state index in [4.69, 9.17) is 0 Å². The smallest absolute Gasteiger partial charge is 0.240 e. The highest BCUT2D eigenvalue weighted by molar-refractivity contribution is 7.89. The minimum absolute atomic E-state index is 0.0885. The summed E-state index contributed by atoms with van der Waals surface area (Å²) in [4.78, 5) is 3.80. The third kappa shape index (κ3) is 4.28. The first-order valence-electron chi connectivity index (χ1n) is 7.60. The standard InChI is InChI=1S/C17H17FN4O2S/c1-13-5-6-16(8-17(13)18)25(23,24)21-9-14-3-2-4-15(7-14)10-22-12-19-11-20-22/h2-8,11-12,21H,9-10H2,1H3.